The highest BCUT2D eigenvalue weighted by atomic mass is 19.1. The predicted molar refractivity (Wildman–Crippen MR) is 115 cm³/mol. The van der Waals surface area contributed by atoms with Crippen LogP contribution in [0.15, 0.2) is 42.5 Å². The summed E-state index contributed by atoms with van der Waals surface area (Å²) in [6, 6.07) is 13.8. The summed E-state index contributed by atoms with van der Waals surface area (Å²) in [7, 11) is 1.87. The molecule has 28 heavy (non-hydrogen) atoms. The molecule has 0 unspecified atom stereocenters. The van der Waals surface area contributed by atoms with Gasteiger partial charge in [0.15, 0.2) is 0 Å². The fourth-order valence-corrected chi connectivity index (χ4v) is 2.55. The molecule has 0 aliphatic carbocycles. The summed E-state index contributed by atoms with van der Waals surface area (Å²) in [5, 5.41) is 11.8. The summed E-state index contributed by atoms with van der Waals surface area (Å²) in [5.41, 5.74) is 3.55. The van der Waals surface area contributed by atoms with Crippen molar-refractivity contribution in [3.8, 4) is 11.8 Å². The van der Waals surface area contributed by atoms with Crippen LogP contribution in [0.25, 0.3) is 11.0 Å². The SMILES string of the molecule is CCNc1ccc2cc(C#Cc3ccc(N(C)CCF)cc3)[nH]c2n1.CCO. The van der Waals surface area contributed by atoms with E-state index in [9.17, 15) is 4.39 Å². The van der Waals surface area contributed by atoms with Gasteiger partial charge in [-0.3, -0.25) is 0 Å². The van der Waals surface area contributed by atoms with E-state index < -0.39 is 0 Å². The van der Waals surface area contributed by atoms with Gasteiger partial charge in [-0.05, 0) is 62.2 Å². The van der Waals surface area contributed by atoms with E-state index >= 15 is 0 Å². The fourth-order valence-electron chi connectivity index (χ4n) is 2.55. The van der Waals surface area contributed by atoms with E-state index in [0.29, 0.717) is 6.54 Å². The van der Waals surface area contributed by atoms with Crippen molar-refractivity contribution in [3.05, 3.63) is 53.7 Å². The van der Waals surface area contributed by atoms with Crippen LogP contribution in [0.4, 0.5) is 15.9 Å². The first kappa shape index (κ1) is 21.3. The highest BCUT2D eigenvalue weighted by Gasteiger charge is 2.02. The number of hydrogen-bond donors (Lipinski definition) is 3. The molecule has 3 rings (SSSR count). The molecule has 0 aliphatic heterocycles. The number of fused-ring (bicyclic) bond motifs is 1. The van der Waals surface area contributed by atoms with Gasteiger partial charge in [-0.1, -0.05) is 5.92 Å². The van der Waals surface area contributed by atoms with Crippen molar-refractivity contribution >= 4 is 22.5 Å². The average Bonchev–Trinajstić information content (AvgIpc) is 3.10. The zero-order chi connectivity index (χ0) is 20.4. The van der Waals surface area contributed by atoms with E-state index in [4.69, 9.17) is 5.11 Å². The van der Waals surface area contributed by atoms with E-state index in [2.05, 4.69) is 27.1 Å². The third-order valence-corrected chi connectivity index (χ3v) is 3.91. The minimum Gasteiger partial charge on any atom is -0.397 e. The monoisotopic (exact) mass is 382 g/mol. The maximum Gasteiger partial charge on any atom is 0.140 e. The molecule has 0 spiro atoms. The Hall–Kier alpha value is -3.04. The summed E-state index contributed by atoms with van der Waals surface area (Å²) in [5.74, 6) is 7.13. The van der Waals surface area contributed by atoms with Gasteiger partial charge >= 0.3 is 0 Å². The van der Waals surface area contributed by atoms with Crippen LogP contribution in [-0.4, -0.2) is 48.5 Å². The van der Waals surface area contributed by atoms with Gasteiger partial charge in [-0.15, -0.1) is 0 Å². The lowest BCUT2D eigenvalue weighted by molar-refractivity contribution is 0.318. The molecule has 0 fully saturated rings. The number of hydrogen-bond acceptors (Lipinski definition) is 4. The molecule has 148 valence electrons. The second kappa shape index (κ2) is 11.0. The van der Waals surface area contributed by atoms with Crippen molar-refractivity contribution in [1.29, 1.82) is 0 Å². The number of halogens is 1. The minimum atomic E-state index is -0.359. The summed E-state index contributed by atoms with van der Waals surface area (Å²) in [4.78, 5) is 9.63. The van der Waals surface area contributed by atoms with Gasteiger partial charge in [-0.25, -0.2) is 9.37 Å². The molecule has 0 amide bonds. The van der Waals surface area contributed by atoms with Gasteiger partial charge in [0, 0.05) is 43.4 Å². The Morgan fingerprint density at radius 3 is 2.50 bits per heavy atom. The highest BCUT2D eigenvalue weighted by molar-refractivity contribution is 5.79. The lowest BCUT2D eigenvalue weighted by atomic mass is 10.2. The summed E-state index contributed by atoms with van der Waals surface area (Å²) < 4.78 is 12.4. The zero-order valence-electron chi connectivity index (χ0n) is 16.6. The molecule has 0 saturated heterocycles. The first-order valence-corrected chi connectivity index (χ1v) is 9.34. The number of benzene rings is 1. The Balaban J connectivity index is 0.000000878. The number of anilines is 2. The smallest absolute Gasteiger partial charge is 0.140 e. The van der Waals surface area contributed by atoms with Crippen LogP contribution in [0.3, 0.4) is 0 Å². The quantitative estimate of drug-likeness (QED) is 0.588. The number of aliphatic hydroxyl groups is 1. The molecule has 3 N–H and O–H groups in total. The number of H-pyrrole nitrogens is 1. The molecular formula is C22H27FN4O. The average molecular weight is 382 g/mol. The van der Waals surface area contributed by atoms with Gasteiger partial charge in [0.2, 0.25) is 0 Å². The van der Waals surface area contributed by atoms with E-state index in [1.54, 1.807) is 6.92 Å². The normalized spacial score (nSPS) is 9.89. The summed E-state index contributed by atoms with van der Waals surface area (Å²) in [6.45, 7) is 4.84. The van der Waals surface area contributed by atoms with Crippen molar-refractivity contribution in [2.45, 2.75) is 13.8 Å². The summed E-state index contributed by atoms with van der Waals surface area (Å²) >= 11 is 0. The topological polar surface area (TPSA) is 64.2 Å². The lowest BCUT2D eigenvalue weighted by Gasteiger charge is -2.16. The van der Waals surface area contributed by atoms with Gasteiger partial charge in [-0.2, -0.15) is 0 Å². The van der Waals surface area contributed by atoms with Crippen LogP contribution >= 0.6 is 0 Å². The Morgan fingerprint density at radius 2 is 1.86 bits per heavy atom. The second-order valence-corrected chi connectivity index (χ2v) is 6.07. The Kier molecular flexibility index (Phi) is 8.32. The first-order chi connectivity index (χ1) is 13.6. The summed E-state index contributed by atoms with van der Waals surface area (Å²) in [6.07, 6.45) is 0. The number of pyridine rings is 1. The zero-order valence-corrected chi connectivity index (χ0v) is 16.6. The molecule has 3 aromatic rings. The molecule has 0 bridgehead atoms. The van der Waals surface area contributed by atoms with E-state index in [1.165, 1.54) is 0 Å². The van der Waals surface area contributed by atoms with E-state index in [0.717, 1.165) is 40.3 Å². The number of aliphatic hydroxyl groups excluding tert-OH is 1. The van der Waals surface area contributed by atoms with Crippen LogP contribution in [0.5, 0.6) is 0 Å². The molecule has 0 atom stereocenters. The molecule has 5 nitrogen and oxygen atoms in total. The standard InChI is InChI=1S/C20H21FN4.C2H6O/c1-3-22-19-11-7-16-14-17(23-20(16)24-19)8-4-15-5-9-18(10-6-15)25(2)13-12-21;1-2-3/h5-7,9-11,14H,3,12-13H2,1-2H3,(H2,22,23,24);3H,2H2,1H3. The van der Waals surface area contributed by atoms with E-state index in [-0.39, 0.29) is 13.3 Å². The van der Waals surface area contributed by atoms with Crippen molar-refractivity contribution < 1.29 is 9.50 Å². The van der Waals surface area contributed by atoms with Crippen LogP contribution in [0.2, 0.25) is 0 Å². The van der Waals surface area contributed by atoms with Crippen molar-refractivity contribution in [3.63, 3.8) is 0 Å². The number of aromatic amines is 1. The number of nitrogens with zero attached hydrogens (tertiary/aromatic N) is 2. The number of alkyl halides is 1. The molecule has 2 aromatic heterocycles. The molecule has 1 aromatic carbocycles. The number of nitrogens with one attached hydrogen (secondary N) is 2. The minimum absolute atomic E-state index is 0.250. The Bertz CT molecular complexity index is 925. The third-order valence-electron chi connectivity index (χ3n) is 3.91. The van der Waals surface area contributed by atoms with Crippen molar-refractivity contribution in [1.82, 2.24) is 9.97 Å². The predicted octanol–water partition coefficient (Wildman–Crippen LogP) is 3.80. The van der Waals surface area contributed by atoms with Crippen LogP contribution in [0, 0.1) is 11.8 Å². The maximum absolute atomic E-state index is 12.4. The molecular weight excluding hydrogens is 355 g/mol. The van der Waals surface area contributed by atoms with Crippen molar-refractivity contribution in [2.75, 3.05) is 43.6 Å². The lowest BCUT2D eigenvalue weighted by Crippen LogP contribution is -2.19. The fraction of sp³-hybridized carbons (Fsp3) is 0.318. The number of aromatic nitrogens is 2. The van der Waals surface area contributed by atoms with Crippen molar-refractivity contribution in [2.24, 2.45) is 0 Å². The third kappa shape index (κ3) is 6.00. The van der Waals surface area contributed by atoms with E-state index in [1.807, 2.05) is 61.3 Å². The van der Waals surface area contributed by atoms with Gasteiger partial charge in [0.1, 0.15) is 18.1 Å². The second-order valence-electron chi connectivity index (χ2n) is 6.07. The first-order valence-electron chi connectivity index (χ1n) is 9.34. The van der Waals surface area contributed by atoms with Gasteiger partial charge in [0.05, 0.1) is 5.69 Å². The van der Waals surface area contributed by atoms with Crippen LogP contribution in [-0.2, 0) is 0 Å². The largest absolute Gasteiger partial charge is 0.397 e. The van der Waals surface area contributed by atoms with Gasteiger partial charge < -0.3 is 20.3 Å². The molecule has 0 radical (unpaired) electrons. The van der Waals surface area contributed by atoms with Gasteiger partial charge in [0.25, 0.3) is 0 Å². The highest BCUT2D eigenvalue weighted by Crippen LogP contribution is 2.16. The van der Waals surface area contributed by atoms with Crippen LogP contribution < -0.4 is 10.2 Å². The number of rotatable bonds is 5. The Labute approximate surface area is 165 Å². The molecule has 6 heteroatoms. The molecule has 0 saturated carbocycles. The molecule has 2 heterocycles. The van der Waals surface area contributed by atoms with Crippen LogP contribution in [0.1, 0.15) is 25.1 Å². The maximum atomic E-state index is 12.4. The molecule has 0 aliphatic rings. The Morgan fingerprint density at radius 1 is 1.14 bits per heavy atom.